The Labute approximate surface area is 140 Å². The van der Waals surface area contributed by atoms with Gasteiger partial charge in [0.15, 0.2) is 0 Å². The van der Waals surface area contributed by atoms with E-state index in [4.69, 9.17) is 0 Å². The fourth-order valence-corrected chi connectivity index (χ4v) is 3.07. The number of hydrogen-bond acceptors (Lipinski definition) is 6. The van der Waals surface area contributed by atoms with E-state index in [1.165, 1.54) is 13.3 Å². The molecule has 3 aromatic rings. The summed E-state index contributed by atoms with van der Waals surface area (Å²) >= 11 is 1.16. The van der Waals surface area contributed by atoms with Crippen LogP contribution in [0.2, 0.25) is 0 Å². The molecule has 0 aliphatic rings. The number of alkyl halides is 2. The number of rotatable bonds is 5. The quantitative estimate of drug-likeness (QED) is 0.513. The van der Waals surface area contributed by atoms with Gasteiger partial charge in [0.05, 0.1) is 22.5 Å². The first-order chi connectivity index (χ1) is 11.7. The van der Waals surface area contributed by atoms with Crippen LogP contribution in [0.4, 0.5) is 8.78 Å². The Morgan fingerprint density at radius 3 is 2.79 bits per heavy atom. The molecular weight excluding hydrogens is 334 g/mol. The maximum atomic E-state index is 13.4. The summed E-state index contributed by atoms with van der Waals surface area (Å²) in [5.41, 5.74) is 1.32. The van der Waals surface area contributed by atoms with Gasteiger partial charge in [-0.2, -0.15) is 0 Å². The molecule has 122 valence electrons. The predicted octanol–water partition coefficient (Wildman–Crippen LogP) is 4.19. The van der Waals surface area contributed by atoms with Gasteiger partial charge in [0, 0.05) is 18.0 Å². The second-order valence-corrected chi connectivity index (χ2v) is 5.64. The van der Waals surface area contributed by atoms with E-state index in [1.54, 1.807) is 42.7 Å². The molecule has 3 aromatic heterocycles. The molecule has 0 aliphatic heterocycles. The molecule has 0 fully saturated rings. The van der Waals surface area contributed by atoms with Gasteiger partial charge in [-0.25, -0.2) is 18.7 Å². The fourth-order valence-electron chi connectivity index (χ4n) is 2.03. The number of aromatic nitrogens is 3. The number of hydrogen-bond donors (Lipinski definition) is 0. The number of pyridine rings is 2. The number of thiazole rings is 1. The van der Waals surface area contributed by atoms with Crippen LogP contribution in [0.15, 0.2) is 47.9 Å². The van der Waals surface area contributed by atoms with Crippen molar-refractivity contribution in [2.45, 2.75) is 6.43 Å². The van der Waals surface area contributed by atoms with Gasteiger partial charge in [-0.05, 0) is 24.3 Å². The van der Waals surface area contributed by atoms with Crippen LogP contribution in [0.25, 0.3) is 21.1 Å². The van der Waals surface area contributed by atoms with E-state index in [0.717, 1.165) is 11.3 Å². The SMILES string of the molecule is CO/N=C/c1cccc(-c2sc(-c3cccnc3)nc2C(F)F)n1. The minimum atomic E-state index is -2.69. The van der Waals surface area contributed by atoms with Crippen molar-refractivity contribution in [1.29, 1.82) is 0 Å². The van der Waals surface area contributed by atoms with E-state index < -0.39 is 6.43 Å². The van der Waals surface area contributed by atoms with Crippen molar-refractivity contribution >= 4 is 17.6 Å². The first-order valence-corrected chi connectivity index (χ1v) is 7.74. The smallest absolute Gasteiger partial charge is 0.281 e. The van der Waals surface area contributed by atoms with E-state index in [9.17, 15) is 8.78 Å². The zero-order valence-corrected chi connectivity index (χ0v) is 13.4. The molecule has 0 saturated heterocycles. The van der Waals surface area contributed by atoms with E-state index in [2.05, 4.69) is 24.9 Å². The lowest BCUT2D eigenvalue weighted by molar-refractivity contribution is 0.147. The second kappa shape index (κ2) is 7.22. The third-order valence-electron chi connectivity index (χ3n) is 3.06. The third-order valence-corrected chi connectivity index (χ3v) is 4.20. The van der Waals surface area contributed by atoms with Gasteiger partial charge in [-0.3, -0.25) is 4.98 Å². The Morgan fingerprint density at radius 2 is 2.08 bits per heavy atom. The van der Waals surface area contributed by atoms with Gasteiger partial charge in [-0.15, -0.1) is 11.3 Å². The second-order valence-electron chi connectivity index (χ2n) is 4.64. The summed E-state index contributed by atoms with van der Waals surface area (Å²) < 4.78 is 26.8. The van der Waals surface area contributed by atoms with Gasteiger partial charge < -0.3 is 4.84 Å². The van der Waals surface area contributed by atoms with Gasteiger partial charge in [0.1, 0.15) is 17.8 Å². The summed E-state index contributed by atoms with van der Waals surface area (Å²) in [4.78, 5) is 17.3. The first kappa shape index (κ1) is 16.1. The highest BCUT2D eigenvalue weighted by atomic mass is 32.1. The Hall–Kier alpha value is -2.74. The van der Waals surface area contributed by atoms with Crippen molar-refractivity contribution in [3.63, 3.8) is 0 Å². The van der Waals surface area contributed by atoms with Crippen LogP contribution in [0.3, 0.4) is 0 Å². The molecule has 0 aliphatic carbocycles. The minimum Gasteiger partial charge on any atom is -0.399 e. The van der Waals surface area contributed by atoms with Crippen LogP contribution < -0.4 is 0 Å². The topological polar surface area (TPSA) is 60.3 Å². The summed E-state index contributed by atoms with van der Waals surface area (Å²) in [6, 6.07) is 8.60. The lowest BCUT2D eigenvalue weighted by Crippen LogP contribution is -1.93. The van der Waals surface area contributed by atoms with Gasteiger partial charge >= 0.3 is 0 Å². The third kappa shape index (κ3) is 3.43. The van der Waals surface area contributed by atoms with Gasteiger partial charge in [0.25, 0.3) is 6.43 Å². The molecule has 0 spiro atoms. The molecule has 0 saturated carbocycles. The van der Waals surface area contributed by atoms with Crippen LogP contribution in [0.5, 0.6) is 0 Å². The maximum Gasteiger partial charge on any atom is 0.281 e. The lowest BCUT2D eigenvalue weighted by atomic mass is 10.2. The van der Waals surface area contributed by atoms with Crippen LogP contribution in [-0.4, -0.2) is 28.3 Å². The van der Waals surface area contributed by atoms with Gasteiger partial charge in [-0.1, -0.05) is 11.2 Å². The zero-order chi connectivity index (χ0) is 16.9. The van der Waals surface area contributed by atoms with Crippen molar-refractivity contribution in [2.24, 2.45) is 5.16 Å². The van der Waals surface area contributed by atoms with E-state index in [-0.39, 0.29) is 5.69 Å². The molecule has 0 bridgehead atoms. The molecular formula is C16H12F2N4OS. The Kier molecular flexibility index (Phi) is 4.85. The van der Waals surface area contributed by atoms with Crippen molar-refractivity contribution < 1.29 is 13.6 Å². The predicted molar refractivity (Wildman–Crippen MR) is 88.1 cm³/mol. The average molecular weight is 346 g/mol. The first-order valence-electron chi connectivity index (χ1n) is 6.92. The normalized spacial score (nSPS) is 11.3. The molecule has 0 aromatic carbocycles. The van der Waals surface area contributed by atoms with Crippen LogP contribution >= 0.6 is 11.3 Å². The maximum absolute atomic E-state index is 13.4. The van der Waals surface area contributed by atoms with Crippen molar-refractivity contribution in [3.05, 3.63) is 54.1 Å². The number of oxime groups is 1. The van der Waals surface area contributed by atoms with Crippen molar-refractivity contribution in [1.82, 2.24) is 15.0 Å². The number of halogens is 2. The summed E-state index contributed by atoms with van der Waals surface area (Å²) in [7, 11) is 1.42. The summed E-state index contributed by atoms with van der Waals surface area (Å²) in [6.07, 6.45) is 1.92. The molecule has 0 amide bonds. The highest BCUT2D eigenvalue weighted by Crippen LogP contribution is 2.38. The molecule has 5 nitrogen and oxygen atoms in total. The molecule has 24 heavy (non-hydrogen) atoms. The van der Waals surface area contributed by atoms with Crippen LogP contribution in [0.1, 0.15) is 17.8 Å². The molecule has 0 radical (unpaired) electrons. The lowest BCUT2D eigenvalue weighted by Gasteiger charge is -2.01. The van der Waals surface area contributed by atoms with Crippen molar-refractivity contribution in [2.75, 3.05) is 7.11 Å². The zero-order valence-electron chi connectivity index (χ0n) is 12.6. The summed E-state index contributed by atoms with van der Waals surface area (Å²) in [5, 5.41) is 4.11. The highest BCUT2D eigenvalue weighted by molar-refractivity contribution is 7.18. The Morgan fingerprint density at radius 1 is 1.21 bits per heavy atom. The van der Waals surface area contributed by atoms with Crippen LogP contribution in [0, 0.1) is 0 Å². The number of nitrogens with zero attached hydrogens (tertiary/aromatic N) is 4. The van der Waals surface area contributed by atoms with Crippen LogP contribution in [-0.2, 0) is 4.84 Å². The Balaban J connectivity index is 2.07. The molecule has 8 heteroatoms. The summed E-state index contributed by atoms with van der Waals surface area (Å²) in [6.45, 7) is 0. The fraction of sp³-hybridized carbons (Fsp3) is 0.125. The molecule has 0 atom stereocenters. The van der Waals surface area contributed by atoms with E-state index in [1.807, 2.05) is 0 Å². The van der Waals surface area contributed by atoms with Gasteiger partial charge in [0.2, 0.25) is 0 Å². The van der Waals surface area contributed by atoms with E-state index >= 15 is 0 Å². The minimum absolute atomic E-state index is 0.285. The Bertz CT molecular complexity index is 852. The average Bonchev–Trinajstić information content (AvgIpc) is 3.07. The molecule has 0 unspecified atom stereocenters. The standard InChI is InChI=1S/C16H12F2N4OS/c1-23-20-9-11-5-2-6-12(21-11)14-13(15(17)18)22-16(24-14)10-4-3-7-19-8-10/h2-9,15H,1H3/b20-9+. The van der Waals surface area contributed by atoms with Crippen molar-refractivity contribution in [3.8, 4) is 21.1 Å². The highest BCUT2D eigenvalue weighted by Gasteiger charge is 2.22. The monoisotopic (exact) mass is 346 g/mol. The molecule has 3 heterocycles. The molecule has 0 N–H and O–H groups in total. The summed E-state index contributed by atoms with van der Waals surface area (Å²) in [5.74, 6) is 0. The molecule has 3 rings (SSSR count). The van der Waals surface area contributed by atoms with E-state index in [0.29, 0.717) is 26.8 Å². The largest absolute Gasteiger partial charge is 0.399 e.